The van der Waals surface area contributed by atoms with Gasteiger partial charge in [0, 0.05) is 0 Å². The number of hydrogen-bond acceptors (Lipinski definition) is 0. The van der Waals surface area contributed by atoms with Crippen LogP contribution in [0, 0.1) is 23.2 Å². The molecule has 0 spiro atoms. The van der Waals surface area contributed by atoms with Crippen molar-refractivity contribution in [2.45, 2.75) is 40.5 Å². The van der Waals surface area contributed by atoms with Crippen molar-refractivity contribution in [2.75, 3.05) is 0 Å². The molecule has 0 radical (unpaired) electrons. The lowest BCUT2D eigenvalue weighted by molar-refractivity contribution is -0.0398. The minimum atomic E-state index is 0.591. The first-order valence-corrected chi connectivity index (χ1v) is 5.28. The van der Waals surface area contributed by atoms with Crippen LogP contribution in [-0.2, 0) is 0 Å². The monoisotopic (exact) mass is 164 g/mol. The second-order valence-electron chi connectivity index (χ2n) is 4.89. The van der Waals surface area contributed by atoms with Crippen LogP contribution in [0.25, 0.3) is 0 Å². The molecule has 0 N–H and O–H groups in total. The fraction of sp³-hybridized carbons (Fsp3) is 0.833. The van der Waals surface area contributed by atoms with Crippen LogP contribution in [0.3, 0.4) is 0 Å². The van der Waals surface area contributed by atoms with Crippen molar-refractivity contribution < 1.29 is 0 Å². The van der Waals surface area contributed by atoms with E-state index in [1.54, 1.807) is 5.57 Å². The van der Waals surface area contributed by atoms with E-state index in [1.807, 2.05) is 0 Å². The summed E-state index contributed by atoms with van der Waals surface area (Å²) in [6.45, 7) is 9.54. The molecular weight excluding hydrogens is 144 g/mol. The summed E-state index contributed by atoms with van der Waals surface area (Å²) in [5.74, 6) is 2.88. The minimum Gasteiger partial charge on any atom is -0.0879 e. The molecule has 0 aromatic carbocycles. The van der Waals surface area contributed by atoms with Gasteiger partial charge in [0.15, 0.2) is 0 Å². The van der Waals surface area contributed by atoms with Gasteiger partial charge in [-0.25, -0.2) is 0 Å². The molecule has 4 atom stereocenters. The average Bonchev–Trinajstić information content (AvgIpc) is 2.39. The van der Waals surface area contributed by atoms with Crippen LogP contribution in [0.2, 0.25) is 0 Å². The Morgan fingerprint density at radius 1 is 1.42 bits per heavy atom. The smallest absolute Gasteiger partial charge is 0.00573 e. The van der Waals surface area contributed by atoms with Gasteiger partial charge < -0.3 is 0 Å². The predicted molar refractivity (Wildman–Crippen MR) is 52.9 cm³/mol. The van der Waals surface area contributed by atoms with Gasteiger partial charge in [-0.2, -0.15) is 0 Å². The molecule has 2 aliphatic carbocycles. The van der Waals surface area contributed by atoms with Crippen LogP contribution in [0.1, 0.15) is 40.5 Å². The fourth-order valence-corrected chi connectivity index (χ4v) is 3.79. The van der Waals surface area contributed by atoms with E-state index in [0.29, 0.717) is 5.41 Å². The maximum absolute atomic E-state index is 2.48. The average molecular weight is 164 g/mol. The highest BCUT2D eigenvalue weighted by Gasteiger charge is 2.58. The number of fused-ring (bicyclic) bond motifs is 1. The first-order chi connectivity index (χ1) is 5.62. The van der Waals surface area contributed by atoms with Crippen LogP contribution in [-0.4, -0.2) is 0 Å². The van der Waals surface area contributed by atoms with Gasteiger partial charge in [-0.05, 0) is 42.9 Å². The second-order valence-corrected chi connectivity index (χ2v) is 4.89. The SMILES string of the molecule is C/C=C1/CC[C@H]2C(C)C(C)[C@]12C. The number of allylic oxidation sites excluding steroid dienone is 2. The summed E-state index contributed by atoms with van der Waals surface area (Å²) in [6.07, 6.45) is 5.18. The number of rotatable bonds is 0. The van der Waals surface area contributed by atoms with E-state index in [2.05, 4.69) is 33.8 Å². The van der Waals surface area contributed by atoms with Gasteiger partial charge in [0.25, 0.3) is 0 Å². The number of hydrogen-bond donors (Lipinski definition) is 0. The Morgan fingerprint density at radius 3 is 2.67 bits per heavy atom. The zero-order valence-electron chi connectivity index (χ0n) is 8.72. The topological polar surface area (TPSA) is 0 Å². The van der Waals surface area contributed by atoms with Crippen molar-refractivity contribution in [2.24, 2.45) is 23.2 Å². The third-order valence-electron chi connectivity index (χ3n) is 4.90. The second kappa shape index (κ2) is 2.37. The zero-order chi connectivity index (χ0) is 8.93. The van der Waals surface area contributed by atoms with Crippen molar-refractivity contribution in [1.29, 1.82) is 0 Å². The molecule has 2 rings (SSSR count). The molecule has 0 bridgehead atoms. The molecule has 2 unspecified atom stereocenters. The summed E-state index contributed by atoms with van der Waals surface area (Å²) in [5, 5.41) is 0. The molecular formula is C12H20. The Kier molecular flexibility index (Phi) is 1.65. The standard InChI is InChI=1S/C12H20/c1-5-10-6-7-11-8(2)9(3)12(10,11)4/h5,8-9,11H,6-7H2,1-4H3/b10-5-/t8?,9?,11-,12+/m0/s1. The summed E-state index contributed by atoms with van der Waals surface area (Å²) < 4.78 is 0. The van der Waals surface area contributed by atoms with Gasteiger partial charge in [0.1, 0.15) is 0 Å². The van der Waals surface area contributed by atoms with Crippen molar-refractivity contribution in [1.82, 2.24) is 0 Å². The van der Waals surface area contributed by atoms with Gasteiger partial charge in [-0.1, -0.05) is 32.4 Å². The van der Waals surface area contributed by atoms with Crippen molar-refractivity contribution in [3.05, 3.63) is 11.6 Å². The van der Waals surface area contributed by atoms with Crippen LogP contribution >= 0.6 is 0 Å². The Morgan fingerprint density at radius 2 is 2.08 bits per heavy atom. The molecule has 2 fully saturated rings. The maximum Gasteiger partial charge on any atom is -0.00573 e. The molecule has 0 heterocycles. The van der Waals surface area contributed by atoms with Gasteiger partial charge in [-0.3, -0.25) is 0 Å². The van der Waals surface area contributed by atoms with E-state index in [0.717, 1.165) is 17.8 Å². The molecule has 0 heteroatoms. The molecule has 0 aromatic rings. The van der Waals surface area contributed by atoms with Crippen LogP contribution < -0.4 is 0 Å². The zero-order valence-corrected chi connectivity index (χ0v) is 8.72. The van der Waals surface area contributed by atoms with E-state index in [-0.39, 0.29) is 0 Å². The van der Waals surface area contributed by atoms with Crippen LogP contribution in [0.5, 0.6) is 0 Å². The fourth-order valence-electron chi connectivity index (χ4n) is 3.79. The van der Waals surface area contributed by atoms with Crippen LogP contribution in [0.15, 0.2) is 11.6 Å². The maximum atomic E-state index is 2.48. The first kappa shape index (κ1) is 8.34. The molecule has 0 nitrogen and oxygen atoms in total. The van der Waals surface area contributed by atoms with E-state index >= 15 is 0 Å². The molecule has 0 aromatic heterocycles. The Bertz CT molecular complexity index is 226. The van der Waals surface area contributed by atoms with Gasteiger partial charge >= 0.3 is 0 Å². The lowest BCUT2D eigenvalue weighted by atomic mass is 9.49. The lowest BCUT2D eigenvalue weighted by Crippen LogP contribution is -2.50. The lowest BCUT2D eigenvalue weighted by Gasteiger charge is -2.55. The minimum absolute atomic E-state index is 0.591. The van der Waals surface area contributed by atoms with E-state index < -0.39 is 0 Å². The van der Waals surface area contributed by atoms with Gasteiger partial charge in [-0.15, -0.1) is 0 Å². The molecule has 12 heavy (non-hydrogen) atoms. The highest BCUT2D eigenvalue weighted by Crippen LogP contribution is 2.66. The summed E-state index contributed by atoms with van der Waals surface area (Å²) in [5.41, 5.74) is 2.33. The predicted octanol–water partition coefficient (Wildman–Crippen LogP) is 3.63. The summed E-state index contributed by atoms with van der Waals surface area (Å²) in [4.78, 5) is 0. The highest BCUT2D eigenvalue weighted by molar-refractivity contribution is 5.27. The molecule has 2 aliphatic rings. The Labute approximate surface area is 76.1 Å². The largest absolute Gasteiger partial charge is 0.0879 e. The van der Waals surface area contributed by atoms with E-state index in [4.69, 9.17) is 0 Å². The first-order valence-electron chi connectivity index (χ1n) is 5.28. The van der Waals surface area contributed by atoms with E-state index in [9.17, 15) is 0 Å². The summed E-state index contributed by atoms with van der Waals surface area (Å²) in [6, 6.07) is 0. The van der Waals surface area contributed by atoms with Gasteiger partial charge in [0.05, 0.1) is 0 Å². The molecule has 0 amide bonds. The van der Waals surface area contributed by atoms with Crippen molar-refractivity contribution >= 4 is 0 Å². The van der Waals surface area contributed by atoms with Crippen molar-refractivity contribution in [3.8, 4) is 0 Å². The molecule has 68 valence electrons. The highest BCUT2D eigenvalue weighted by atomic mass is 14.6. The normalized spacial score (nSPS) is 55.3. The molecule has 2 saturated carbocycles. The van der Waals surface area contributed by atoms with Crippen molar-refractivity contribution in [3.63, 3.8) is 0 Å². The third-order valence-corrected chi connectivity index (χ3v) is 4.90. The van der Waals surface area contributed by atoms with Crippen LogP contribution in [0.4, 0.5) is 0 Å². The molecule has 0 saturated heterocycles. The van der Waals surface area contributed by atoms with E-state index in [1.165, 1.54) is 12.8 Å². The third kappa shape index (κ3) is 0.694. The molecule has 0 aliphatic heterocycles. The summed E-state index contributed by atoms with van der Waals surface area (Å²) >= 11 is 0. The Hall–Kier alpha value is -0.260. The quantitative estimate of drug-likeness (QED) is 0.479. The van der Waals surface area contributed by atoms with Gasteiger partial charge in [0.2, 0.25) is 0 Å². The summed E-state index contributed by atoms with van der Waals surface area (Å²) in [7, 11) is 0. The Balaban J connectivity index is 2.31.